The third-order valence-electron chi connectivity index (χ3n) is 6.55. The van der Waals surface area contributed by atoms with Crippen LogP contribution in [0, 0.1) is 23.2 Å². The maximum Gasteiger partial charge on any atom is 0.416 e. The molecule has 0 unspecified atom stereocenters. The second kappa shape index (κ2) is 9.21. The van der Waals surface area contributed by atoms with Gasteiger partial charge in [-0.1, -0.05) is 12.8 Å². The Kier molecular flexibility index (Phi) is 6.40. The molecule has 4 rings (SSSR count). The lowest BCUT2D eigenvalue weighted by atomic mass is 9.77. The molecule has 1 aliphatic heterocycles. The summed E-state index contributed by atoms with van der Waals surface area (Å²) < 4.78 is 44.0. The Morgan fingerprint density at radius 2 is 1.90 bits per heavy atom. The number of benzene rings is 1. The predicted molar refractivity (Wildman–Crippen MR) is 112 cm³/mol. The molecule has 1 saturated heterocycles. The van der Waals surface area contributed by atoms with Gasteiger partial charge in [0, 0.05) is 24.8 Å². The molecule has 2 heterocycles. The minimum atomic E-state index is -4.30. The zero-order valence-electron chi connectivity index (χ0n) is 17.4. The van der Waals surface area contributed by atoms with Crippen LogP contribution in [-0.4, -0.2) is 24.1 Å². The highest BCUT2D eigenvalue weighted by molar-refractivity contribution is 5.48. The topological polar surface area (TPSA) is 65.1 Å². The average Bonchev–Trinajstić information content (AvgIpc) is 3.22. The van der Waals surface area contributed by atoms with Crippen LogP contribution >= 0.6 is 0 Å². The Bertz CT molecular complexity index is 903. The van der Waals surface area contributed by atoms with Crippen LogP contribution in [0.3, 0.4) is 0 Å². The van der Waals surface area contributed by atoms with E-state index in [4.69, 9.17) is 9.68 Å². The van der Waals surface area contributed by atoms with Gasteiger partial charge in [-0.25, -0.2) is 4.98 Å². The fraction of sp³-hybridized carbons (Fsp3) is 0.565. The molecule has 0 spiro atoms. The van der Waals surface area contributed by atoms with Crippen molar-refractivity contribution in [2.45, 2.75) is 57.2 Å². The highest BCUT2D eigenvalue weighted by Gasteiger charge is 2.32. The molecule has 166 valence electrons. The van der Waals surface area contributed by atoms with Crippen molar-refractivity contribution in [3.8, 4) is 6.07 Å². The van der Waals surface area contributed by atoms with Gasteiger partial charge in [-0.15, -0.1) is 0 Å². The van der Waals surface area contributed by atoms with Crippen molar-refractivity contribution < 1.29 is 17.6 Å². The van der Waals surface area contributed by atoms with Crippen LogP contribution in [0.15, 0.2) is 34.9 Å². The molecule has 1 aromatic heterocycles. The van der Waals surface area contributed by atoms with E-state index >= 15 is 0 Å². The average molecular weight is 432 g/mol. The standard InChI is InChI=1S/C23H27F3N4O/c24-23(25,26)18-7-9-19(10-8-18)30-11-3-4-16(15-30)12-17-5-1-2-6-21(17)29-22-28-14-20(13-27)31-22/h7-10,14,16-17,21H,1-6,11-12,15H2,(H,28,29)/t16-,17+,21-/m1/s1. The van der Waals surface area contributed by atoms with E-state index < -0.39 is 11.7 Å². The summed E-state index contributed by atoms with van der Waals surface area (Å²) in [6.45, 7) is 1.74. The van der Waals surface area contributed by atoms with Crippen LogP contribution < -0.4 is 10.2 Å². The highest BCUT2D eigenvalue weighted by Crippen LogP contribution is 2.36. The summed E-state index contributed by atoms with van der Waals surface area (Å²) >= 11 is 0. The van der Waals surface area contributed by atoms with E-state index in [9.17, 15) is 13.2 Å². The Morgan fingerprint density at radius 1 is 1.13 bits per heavy atom. The van der Waals surface area contributed by atoms with Crippen molar-refractivity contribution in [2.24, 2.45) is 11.8 Å². The first-order chi connectivity index (χ1) is 14.9. The first-order valence-corrected chi connectivity index (χ1v) is 11.0. The summed E-state index contributed by atoms with van der Waals surface area (Å²) in [6.07, 6.45) is 4.92. The molecule has 8 heteroatoms. The van der Waals surface area contributed by atoms with Gasteiger partial charge in [-0.05, 0) is 68.2 Å². The molecule has 2 fully saturated rings. The van der Waals surface area contributed by atoms with E-state index in [0.29, 0.717) is 17.9 Å². The van der Waals surface area contributed by atoms with Crippen LogP contribution in [0.2, 0.25) is 0 Å². The molecule has 2 aliphatic rings. The molecular formula is C23H27F3N4O. The molecule has 0 amide bonds. The zero-order valence-corrected chi connectivity index (χ0v) is 17.4. The summed E-state index contributed by atoms with van der Waals surface area (Å²) in [6, 6.07) is 8.15. The van der Waals surface area contributed by atoms with E-state index in [2.05, 4.69) is 15.2 Å². The van der Waals surface area contributed by atoms with Crippen molar-refractivity contribution in [2.75, 3.05) is 23.3 Å². The number of rotatable bonds is 5. The molecule has 1 saturated carbocycles. The number of nitriles is 1. The maximum absolute atomic E-state index is 12.9. The molecule has 1 aromatic carbocycles. The zero-order chi connectivity index (χ0) is 21.8. The van der Waals surface area contributed by atoms with Crippen molar-refractivity contribution in [1.82, 2.24) is 4.98 Å². The number of aromatic nitrogens is 1. The Morgan fingerprint density at radius 3 is 2.61 bits per heavy atom. The van der Waals surface area contributed by atoms with Crippen molar-refractivity contribution in [1.29, 1.82) is 5.26 Å². The van der Waals surface area contributed by atoms with Crippen molar-refractivity contribution >= 4 is 11.7 Å². The van der Waals surface area contributed by atoms with Gasteiger partial charge in [0.25, 0.3) is 6.01 Å². The number of nitrogens with zero attached hydrogens (tertiary/aromatic N) is 3. The lowest BCUT2D eigenvalue weighted by Crippen LogP contribution is -2.39. The molecule has 5 nitrogen and oxygen atoms in total. The van der Waals surface area contributed by atoms with Gasteiger partial charge in [-0.2, -0.15) is 18.4 Å². The monoisotopic (exact) mass is 432 g/mol. The third-order valence-corrected chi connectivity index (χ3v) is 6.55. The number of anilines is 2. The van der Waals surface area contributed by atoms with E-state index in [-0.39, 0.29) is 11.8 Å². The second-order valence-corrected chi connectivity index (χ2v) is 8.67. The number of hydrogen-bond donors (Lipinski definition) is 1. The van der Waals surface area contributed by atoms with Crippen LogP contribution in [0.4, 0.5) is 24.9 Å². The number of hydrogen-bond acceptors (Lipinski definition) is 5. The Hall–Kier alpha value is -2.69. The highest BCUT2D eigenvalue weighted by atomic mass is 19.4. The predicted octanol–water partition coefficient (Wildman–Crippen LogP) is 5.84. The Balaban J connectivity index is 1.37. The van der Waals surface area contributed by atoms with Crippen LogP contribution in [0.5, 0.6) is 0 Å². The minimum absolute atomic E-state index is 0.203. The summed E-state index contributed by atoms with van der Waals surface area (Å²) in [7, 11) is 0. The van der Waals surface area contributed by atoms with Crippen LogP contribution in [0.1, 0.15) is 56.3 Å². The summed E-state index contributed by atoms with van der Waals surface area (Å²) in [5.74, 6) is 1.20. The number of halogens is 3. The van der Waals surface area contributed by atoms with Crippen LogP contribution in [-0.2, 0) is 6.18 Å². The minimum Gasteiger partial charge on any atom is -0.413 e. The van der Waals surface area contributed by atoms with E-state index in [0.717, 1.165) is 57.3 Å². The molecule has 2 aromatic rings. The van der Waals surface area contributed by atoms with Gasteiger partial charge < -0.3 is 14.6 Å². The molecule has 0 bridgehead atoms. The smallest absolute Gasteiger partial charge is 0.413 e. The lowest BCUT2D eigenvalue weighted by molar-refractivity contribution is -0.137. The van der Waals surface area contributed by atoms with Gasteiger partial charge in [0.2, 0.25) is 5.76 Å². The molecule has 1 aliphatic carbocycles. The second-order valence-electron chi connectivity index (χ2n) is 8.67. The molecule has 0 radical (unpaired) electrons. The van der Waals surface area contributed by atoms with Crippen molar-refractivity contribution in [3.05, 3.63) is 41.8 Å². The molecule has 31 heavy (non-hydrogen) atoms. The SMILES string of the molecule is N#Cc1cnc(N[C@@H]2CCCC[C@H]2C[C@H]2CCCN(c3ccc(C(F)(F)F)cc3)C2)o1. The number of piperidine rings is 1. The number of nitrogens with one attached hydrogen (secondary N) is 1. The molecule has 1 N–H and O–H groups in total. The fourth-order valence-corrected chi connectivity index (χ4v) is 5.01. The van der Waals surface area contributed by atoms with E-state index in [1.54, 1.807) is 12.1 Å². The maximum atomic E-state index is 12.9. The normalized spacial score (nSPS) is 24.6. The van der Waals surface area contributed by atoms with Crippen molar-refractivity contribution in [3.63, 3.8) is 0 Å². The number of alkyl halides is 3. The first-order valence-electron chi connectivity index (χ1n) is 11.0. The third kappa shape index (κ3) is 5.33. The van der Waals surface area contributed by atoms with Gasteiger partial charge >= 0.3 is 6.18 Å². The van der Waals surface area contributed by atoms with Gasteiger partial charge in [0.1, 0.15) is 6.07 Å². The summed E-state index contributed by atoms with van der Waals surface area (Å²) in [5.41, 5.74) is 0.256. The van der Waals surface area contributed by atoms with E-state index in [1.165, 1.54) is 24.8 Å². The number of oxazole rings is 1. The van der Waals surface area contributed by atoms with E-state index in [1.807, 2.05) is 6.07 Å². The largest absolute Gasteiger partial charge is 0.416 e. The van der Waals surface area contributed by atoms with Crippen LogP contribution in [0.25, 0.3) is 0 Å². The molecule has 3 atom stereocenters. The van der Waals surface area contributed by atoms with Gasteiger partial charge in [-0.3, -0.25) is 0 Å². The first kappa shape index (κ1) is 21.5. The van der Waals surface area contributed by atoms with Gasteiger partial charge in [0.05, 0.1) is 11.8 Å². The summed E-state index contributed by atoms with van der Waals surface area (Å²) in [4.78, 5) is 6.36. The quantitative estimate of drug-likeness (QED) is 0.643. The molecular weight excluding hydrogens is 405 g/mol. The lowest BCUT2D eigenvalue weighted by Gasteiger charge is -2.39. The fourth-order valence-electron chi connectivity index (χ4n) is 5.01. The van der Waals surface area contributed by atoms with Gasteiger partial charge in [0.15, 0.2) is 0 Å². The Labute approximate surface area is 180 Å². The summed E-state index contributed by atoms with van der Waals surface area (Å²) in [5, 5.41) is 12.3.